The molecule has 0 saturated heterocycles. The van der Waals surface area contributed by atoms with Crippen LogP contribution in [0.1, 0.15) is 0 Å². The van der Waals surface area contributed by atoms with E-state index in [-0.39, 0.29) is 27.3 Å². The summed E-state index contributed by atoms with van der Waals surface area (Å²) >= 11 is 0. The maximum absolute atomic E-state index is 11.1. The van der Waals surface area contributed by atoms with Gasteiger partial charge in [0.25, 0.3) is 0 Å². The van der Waals surface area contributed by atoms with E-state index < -0.39 is 33.4 Å². The third-order valence-electron chi connectivity index (χ3n) is 1.73. The van der Waals surface area contributed by atoms with Crippen LogP contribution in [0.3, 0.4) is 0 Å². The van der Waals surface area contributed by atoms with Gasteiger partial charge < -0.3 is 10.2 Å². The molecule has 0 aliphatic heterocycles. The predicted molar refractivity (Wildman–Crippen MR) is 43.5 cm³/mol. The summed E-state index contributed by atoms with van der Waals surface area (Å²) in [5.74, 6) is -1.01. The molecule has 0 spiro atoms. The molecule has 1 aliphatic rings. The monoisotopic (exact) mass is 408 g/mol. The zero-order valence-electron chi connectivity index (χ0n) is 7.15. The van der Waals surface area contributed by atoms with Crippen LogP contribution in [-0.2, 0) is 0 Å². The van der Waals surface area contributed by atoms with Crippen LogP contribution in [0.2, 0.25) is 0 Å². The van der Waals surface area contributed by atoms with Crippen molar-refractivity contribution in [2.24, 2.45) is 0 Å². The van der Waals surface area contributed by atoms with Gasteiger partial charge >= 0.3 is 27.3 Å². The van der Waals surface area contributed by atoms with Gasteiger partial charge in [-0.3, -0.25) is 20.2 Å². The van der Waals surface area contributed by atoms with E-state index in [0.29, 0.717) is 12.2 Å². The van der Waals surface area contributed by atoms with Crippen LogP contribution in [0.5, 0.6) is 0 Å². The standard InChI is InChI=1S/C6H5N2O6.Pb/c9-4-2-1-3(7(11)12)6(10)5(4)8(13)14;/h1-2,5-6,9H;/q-1;+2/p-1. The first kappa shape index (κ1) is 14.0. The van der Waals surface area contributed by atoms with Crippen molar-refractivity contribution in [2.45, 2.75) is 12.1 Å². The topological polar surface area (TPSA) is 132 Å². The van der Waals surface area contributed by atoms with E-state index in [1.807, 2.05) is 0 Å². The molecule has 0 aromatic rings. The molecular weight excluding hydrogens is 403 g/mol. The van der Waals surface area contributed by atoms with Gasteiger partial charge in [-0.1, -0.05) is 11.8 Å². The fourth-order valence-corrected chi connectivity index (χ4v) is 1.05. The van der Waals surface area contributed by atoms with E-state index >= 15 is 0 Å². The van der Waals surface area contributed by atoms with Gasteiger partial charge in [0.1, 0.15) is 0 Å². The largest absolute Gasteiger partial charge is 2.00 e. The van der Waals surface area contributed by atoms with Gasteiger partial charge in [-0.05, 0) is 0 Å². The van der Waals surface area contributed by atoms with E-state index in [9.17, 15) is 30.4 Å². The van der Waals surface area contributed by atoms with Gasteiger partial charge in [-0.2, -0.15) is 0 Å². The van der Waals surface area contributed by atoms with E-state index in [0.717, 1.165) is 0 Å². The average molecular weight is 407 g/mol. The first-order valence-electron chi connectivity index (χ1n) is 3.47. The number of rotatable bonds is 2. The Morgan fingerprint density at radius 3 is 2.13 bits per heavy atom. The van der Waals surface area contributed by atoms with E-state index in [2.05, 4.69) is 0 Å². The Balaban J connectivity index is 0.00000196. The minimum absolute atomic E-state index is 0. The average Bonchev–Trinajstić information content (AvgIpc) is 2.02. The van der Waals surface area contributed by atoms with Gasteiger partial charge in [0.2, 0.25) is 11.7 Å². The molecule has 15 heavy (non-hydrogen) atoms. The zero-order chi connectivity index (χ0) is 10.9. The Kier molecular flexibility index (Phi) is 4.80. The molecule has 2 atom stereocenters. The van der Waals surface area contributed by atoms with Crippen molar-refractivity contribution in [3.8, 4) is 0 Å². The minimum atomic E-state index is -2.24. The van der Waals surface area contributed by atoms with Crippen molar-refractivity contribution in [1.82, 2.24) is 0 Å². The van der Waals surface area contributed by atoms with Crippen molar-refractivity contribution in [3.05, 3.63) is 43.8 Å². The SMILES string of the molecule is O=[N+]([O-])C1=CC=C([O-])C([N+](=O)[O-])C1[O-].[Pb+2]. The summed E-state index contributed by atoms with van der Waals surface area (Å²) in [7, 11) is 0. The van der Waals surface area contributed by atoms with Gasteiger partial charge in [0, 0.05) is 17.1 Å². The van der Waals surface area contributed by atoms with E-state index in [1.54, 1.807) is 0 Å². The summed E-state index contributed by atoms with van der Waals surface area (Å²) in [4.78, 5) is 18.4. The fourth-order valence-electron chi connectivity index (χ4n) is 1.05. The molecule has 2 radical (unpaired) electrons. The smallest absolute Gasteiger partial charge is 0.871 e. The summed E-state index contributed by atoms with van der Waals surface area (Å²) < 4.78 is 0. The Labute approximate surface area is 103 Å². The molecule has 8 nitrogen and oxygen atoms in total. The number of allylic oxidation sites excluding steroid dienone is 2. The molecule has 0 bridgehead atoms. The Morgan fingerprint density at radius 1 is 1.20 bits per heavy atom. The molecule has 0 aromatic carbocycles. The van der Waals surface area contributed by atoms with Gasteiger partial charge in [-0.25, -0.2) is 0 Å². The quantitative estimate of drug-likeness (QED) is 0.280. The Morgan fingerprint density at radius 2 is 1.73 bits per heavy atom. The number of nitrogens with zero attached hydrogens (tertiary/aromatic N) is 2. The predicted octanol–water partition coefficient (Wildman–Crippen LogP) is -2.60. The molecule has 2 unspecified atom stereocenters. The first-order valence-corrected chi connectivity index (χ1v) is 3.47. The zero-order valence-corrected chi connectivity index (χ0v) is 11.0. The Bertz CT molecular complexity index is 352. The van der Waals surface area contributed by atoms with Crippen LogP contribution in [-0.4, -0.2) is 49.3 Å². The summed E-state index contributed by atoms with van der Waals surface area (Å²) in [5, 5.41) is 42.4. The van der Waals surface area contributed by atoms with Crippen LogP contribution in [0, 0.1) is 20.2 Å². The number of nitro groups is 2. The van der Waals surface area contributed by atoms with Crippen molar-refractivity contribution >= 4 is 27.3 Å². The first-order chi connectivity index (χ1) is 6.45. The number of hydrogen-bond acceptors (Lipinski definition) is 6. The molecule has 0 heterocycles. The summed E-state index contributed by atoms with van der Waals surface area (Å²) in [6, 6.07) is -2.08. The summed E-state index contributed by atoms with van der Waals surface area (Å²) in [5.41, 5.74) is -0.855. The van der Waals surface area contributed by atoms with Crippen LogP contribution in [0.4, 0.5) is 0 Å². The molecule has 1 aliphatic carbocycles. The maximum Gasteiger partial charge on any atom is 2.00 e. The molecule has 1 rings (SSSR count). The van der Waals surface area contributed by atoms with Crippen molar-refractivity contribution in [2.75, 3.05) is 0 Å². The summed E-state index contributed by atoms with van der Waals surface area (Å²) in [6.07, 6.45) is -0.850. The minimum Gasteiger partial charge on any atom is -0.871 e. The third-order valence-corrected chi connectivity index (χ3v) is 1.73. The van der Waals surface area contributed by atoms with Crippen LogP contribution in [0.15, 0.2) is 23.6 Å². The Hall–Kier alpha value is -1.04. The normalized spacial score (nSPS) is 24.6. The molecule has 9 heteroatoms. The van der Waals surface area contributed by atoms with Gasteiger partial charge in [-0.15, -0.1) is 0 Å². The molecule has 0 saturated carbocycles. The van der Waals surface area contributed by atoms with Crippen molar-refractivity contribution in [3.63, 3.8) is 0 Å². The molecule has 0 aromatic heterocycles. The third kappa shape index (κ3) is 2.71. The van der Waals surface area contributed by atoms with Gasteiger partial charge in [0.15, 0.2) is 0 Å². The summed E-state index contributed by atoms with van der Waals surface area (Å²) in [6.45, 7) is 0. The maximum atomic E-state index is 11.1. The van der Waals surface area contributed by atoms with Crippen molar-refractivity contribution < 1.29 is 20.1 Å². The molecule has 0 fully saturated rings. The van der Waals surface area contributed by atoms with Gasteiger partial charge in [0.05, 0.1) is 4.92 Å². The van der Waals surface area contributed by atoms with Crippen LogP contribution >= 0.6 is 0 Å². The van der Waals surface area contributed by atoms with Crippen LogP contribution in [0.25, 0.3) is 0 Å². The fraction of sp³-hybridized carbons (Fsp3) is 0.333. The van der Waals surface area contributed by atoms with E-state index in [1.165, 1.54) is 0 Å². The molecular formula is C6H4N2O6Pb. The molecule has 78 valence electrons. The number of hydrogen-bond donors (Lipinski definition) is 0. The van der Waals surface area contributed by atoms with E-state index in [4.69, 9.17) is 0 Å². The van der Waals surface area contributed by atoms with Crippen LogP contribution < -0.4 is 10.2 Å². The second-order valence-electron chi connectivity index (χ2n) is 2.57. The molecule has 0 N–H and O–H groups in total. The second kappa shape index (κ2) is 5.16. The van der Waals surface area contributed by atoms with Crippen molar-refractivity contribution in [1.29, 1.82) is 0 Å². The molecule has 0 amide bonds. The second-order valence-corrected chi connectivity index (χ2v) is 2.57.